The van der Waals surface area contributed by atoms with E-state index < -0.39 is 18.5 Å². The average Bonchev–Trinajstić information content (AvgIpc) is 2.37. The second kappa shape index (κ2) is 7.52. The lowest BCUT2D eigenvalue weighted by molar-refractivity contribution is -0.136. The zero-order valence-electron chi connectivity index (χ0n) is 10.3. The topological polar surface area (TPSA) is 98.7 Å². The molecule has 0 atom stereocenters. The fraction of sp³-hybridized carbons (Fsp3) is 0.727. The van der Waals surface area contributed by atoms with Gasteiger partial charge in [-0.25, -0.2) is 4.79 Å². The highest BCUT2D eigenvalue weighted by Gasteiger charge is 2.15. The molecule has 0 aromatic rings. The van der Waals surface area contributed by atoms with Crippen LogP contribution in [0.1, 0.15) is 25.7 Å². The molecule has 0 saturated carbocycles. The first-order chi connectivity index (χ1) is 8.59. The van der Waals surface area contributed by atoms with Gasteiger partial charge in [-0.2, -0.15) is 0 Å². The summed E-state index contributed by atoms with van der Waals surface area (Å²) in [5, 5.41) is 13.0. The van der Waals surface area contributed by atoms with E-state index in [1.165, 1.54) is 6.42 Å². The lowest BCUT2D eigenvalue weighted by Gasteiger charge is -2.26. The molecule has 0 aliphatic carbocycles. The van der Waals surface area contributed by atoms with Crippen molar-refractivity contribution in [2.75, 3.05) is 26.2 Å². The van der Waals surface area contributed by atoms with Gasteiger partial charge in [0.25, 0.3) is 0 Å². The van der Waals surface area contributed by atoms with Gasteiger partial charge in [-0.3, -0.25) is 9.59 Å². The molecule has 1 heterocycles. The molecule has 1 aliphatic heterocycles. The molecule has 18 heavy (non-hydrogen) atoms. The van der Waals surface area contributed by atoms with E-state index in [9.17, 15) is 14.4 Å². The molecule has 1 aliphatic rings. The first kappa shape index (κ1) is 14.3. The highest BCUT2D eigenvalue weighted by molar-refractivity contribution is 5.81. The Hall–Kier alpha value is -1.79. The highest BCUT2D eigenvalue weighted by Crippen LogP contribution is 2.09. The predicted octanol–water partition coefficient (Wildman–Crippen LogP) is -0.227. The van der Waals surface area contributed by atoms with Gasteiger partial charge in [0.2, 0.25) is 5.91 Å². The average molecular weight is 257 g/mol. The molecule has 0 radical (unpaired) electrons. The monoisotopic (exact) mass is 257 g/mol. The van der Waals surface area contributed by atoms with Crippen LogP contribution in [0.15, 0.2) is 0 Å². The van der Waals surface area contributed by atoms with E-state index in [2.05, 4.69) is 10.6 Å². The number of nitrogens with one attached hydrogen (secondary N) is 2. The van der Waals surface area contributed by atoms with Crippen LogP contribution in [0.2, 0.25) is 0 Å². The van der Waals surface area contributed by atoms with Crippen molar-refractivity contribution in [3.63, 3.8) is 0 Å². The van der Waals surface area contributed by atoms with Crippen LogP contribution in [-0.4, -0.2) is 54.1 Å². The molecule has 7 nitrogen and oxygen atoms in total. The summed E-state index contributed by atoms with van der Waals surface area (Å²) in [6, 6.07) is -0.566. The number of carboxylic acid groups (broad SMARTS) is 1. The zero-order chi connectivity index (χ0) is 13.4. The minimum absolute atomic E-state index is 0.0354. The number of hydrogen-bond acceptors (Lipinski definition) is 3. The summed E-state index contributed by atoms with van der Waals surface area (Å²) in [7, 11) is 0. The van der Waals surface area contributed by atoms with Crippen molar-refractivity contribution in [3.8, 4) is 0 Å². The van der Waals surface area contributed by atoms with Gasteiger partial charge in [-0.15, -0.1) is 0 Å². The van der Waals surface area contributed by atoms with Crippen LogP contribution in [0.25, 0.3) is 0 Å². The third-order valence-electron chi connectivity index (χ3n) is 2.73. The molecule has 1 rings (SSSR count). The molecular weight excluding hydrogens is 238 g/mol. The molecule has 102 valence electrons. The van der Waals surface area contributed by atoms with Crippen molar-refractivity contribution in [3.05, 3.63) is 0 Å². The molecule has 0 aromatic carbocycles. The van der Waals surface area contributed by atoms with E-state index in [1.54, 1.807) is 4.90 Å². The minimum atomic E-state index is -1.10. The Morgan fingerprint density at radius 2 is 1.72 bits per heavy atom. The first-order valence-electron chi connectivity index (χ1n) is 6.11. The van der Waals surface area contributed by atoms with Crippen molar-refractivity contribution >= 4 is 17.9 Å². The number of carboxylic acids is 1. The van der Waals surface area contributed by atoms with Crippen molar-refractivity contribution in [2.45, 2.75) is 25.7 Å². The minimum Gasteiger partial charge on any atom is -0.480 e. The van der Waals surface area contributed by atoms with Crippen molar-refractivity contribution in [2.24, 2.45) is 0 Å². The van der Waals surface area contributed by atoms with E-state index in [1.807, 2.05) is 0 Å². The van der Waals surface area contributed by atoms with Crippen LogP contribution in [0.3, 0.4) is 0 Å². The third-order valence-corrected chi connectivity index (χ3v) is 2.73. The van der Waals surface area contributed by atoms with Gasteiger partial charge in [0.05, 0.1) is 0 Å². The number of urea groups is 1. The molecule has 0 unspecified atom stereocenters. The van der Waals surface area contributed by atoms with E-state index in [4.69, 9.17) is 5.11 Å². The third kappa shape index (κ3) is 5.51. The molecule has 7 heteroatoms. The molecule has 1 fully saturated rings. The normalized spacial score (nSPS) is 15.0. The molecule has 3 N–H and O–H groups in total. The van der Waals surface area contributed by atoms with Crippen LogP contribution >= 0.6 is 0 Å². The number of nitrogens with zero attached hydrogens (tertiary/aromatic N) is 1. The summed E-state index contributed by atoms with van der Waals surface area (Å²) in [5.41, 5.74) is 0. The van der Waals surface area contributed by atoms with Gasteiger partial charge < -0.3 is 20.6 Å². The number of aliphatic carboxylic acids is 1. The number of carbonyl (C=O) groups excluding carboxylic acids is 2. The maximum absolute atomic E-state index is 11.7. The van der Waals surface area contributed by atoms with Gasteiger partial charge in [-0.1, -0.05) is 0 Å². The Kier molecular flexibility index (Phi) is 5.96. The Labute approximate surface area is 106 Å². The Bertz CT molecular complexity index is 313. The van der Waals surface area contributed by atoms with Crippen LogP contribution in [0.5, 0.6) is 0 Å². The second-order valence-electron chi connectivity index (χ2n) is 4.19. The fourth-order valence-electron chi connectivity index (χ4n) is 1.80. The Morgan fingerprint density at radius 1 is 1.06 bits per heavy atom. The van der Waals surface area contributed by atoms with Gasteiger partial charge in [0, 0.05) is 26.1 Å². The number of likely N-dealkylation sites (tertiary alicyclic amines) is 1. The number of piperidine rings is 1. The number of carbonyl (C=O) groups is 3. The SMILES string of the molecule is O=C(O)CNC(=O)NCCC(=O)N1CCCCC1. The predicted molar refractivity (Wildman–Crippen MR) is 64.1 cm³/mol. The van der Waals surface area contributed by atoms with Gasteiger partial charge in [0.15, 0.2) is 0 Å². The summed E-state index contributed by atoms with van der Waals surface area (Å²) >= 11 is 0. The lowest BCUT2D eigenvalue weighted by Crippen LogP contribution is -2.41. The number of rotatable bonds is 5. The van der Waals surface area contributed by atoms with E-state index in [-0.39, 0.29) is 18.9 Å². The summed E-state index contributed by atoms with van der Waals surface area (Å²) in [6.45, 7) is 1.39. The summed E-state index contributed by atoms with van der Waals surface area (Å²) in [4.78, 5) is 34.8. The maximum Gasteiger partial charge on any atom is 0.323 e. The zero-order valence-corrected chi connectivity index (χ0v) is 10.3. The molecule has 0 bridgehead atoms. The van der Waals surface area contributed by atoms with Crippen molar-refractivity contribution < 1.29 is 19.5 Å². The Balaban J connectivity index is 2.10. The van der Waals surface area contributed by atoms with E-state index >= 15 is 0 Å². The maximum atomic E-state index is 11.7. The van der Waals surface area contributed by atoms with Crippen molar-refractivity contribution in [1.29, 1.82) is 0 Å². The van der Waals surface area contributed by atoms with Gasteiger partial charge >= 0.3 is 12.0 Å². The molecule has 0 spiro atoms. The molecule has 3 amide bonds. The molecular formula is C11H19N3O4. The van der Waals surface area contributed by atoms with Crippen LogP contribution < -0.4 is 10.6 Å². The largest absolute Gasteiger partial charge is 0.480 e. The molecule has 1 saturated heterocycles. The van der Waals surface area contributed by atoms with E-state index in [0.29, 0.717) is 0 Å². The van der Waals surface area contributed by atoms with E-state index in [0.717, 1.165) is 25.9 Å². The fourth-order valence-corrected chi connectivity index (χ4v) is 1.80. The summed E-state index contributed by atoms with van der Waals surface area (Å²) in [5.74, 6) is -1.07. The van der Waals surface area contributed by atoms with Crippen LogP contribution in [0.4, 0.5) is 4.79 Å². The van der Waals surface area contributed by atoms with Gasteiger partial charge in [0.1, 0.15) is 6.54 Å². The summed E-state index contributed by atoms with van der Waals surface area (Å²) in [6.07, 6.45) is 3.50. The van der Waals surface area contributed by atoms with Crippen molar-refractivity contribution in [1.82, 2.24) is 15.5 Å². The molecule has 0 aromatic heterocycles. The highest BCUT2D eigenvalue weighted by atomic mass is 16.4. The first-order valence-corrected chi connectivity index (χ1v) is 6.11. The number of hydrogen-bond donors (Lipinski definition) is 3. The number of amides is 3. The standard InChI is InChI=1S/C11H19N3O4/c15-9(14-6-2-1-3-7-14)4-5-12-11(18)13-8-10(16)17/h1-8H2,(H,16,17)(H2,12,13,18). The Morgan fingerprint density at radius 3 is 2.33 bits per heavy atom. The van der Waals surface area contributed by atoms with Crippen LogP contribution in [0, 0.1) is 0 Å². The quantitative estimate of drug-likeness (QED) is 0.633. The lowest BCUT2D eigenvalue weighted by atomic mass is 10.1. The second-order valence-corrected chi connectivity index (χ2v) is 4.19. The van der Waals surface area contributed by atoms with Crippen LogP contribution in [-0.2, 0) is 9.59 Å². The smallest absolute Gasteiger partial charge is 0.323 e. The van der Waals surface area contributed by atoms with Gasteiger partial charge in [-0.05, 0) is 19.3 Å². The summed E-state index contributed by atoms with van der Waals surface area (Å²) < 4.78 is 0.